The van der Waals surface area contributed by atoms with Crippen LogP contribution in [0.3, 0.4) is 0 Å². The summed E-state index contributed by atoms with van der Waals surface area (Å²) in [7, 11) is 4.68. The van der Waals surface area contributed by atoms with E-state index in [9.17, 15) is 9.59 Å². The molecule has 3 fully saturated rings. The number of aromatic nitrogens is 1. The highest BCUT2D eigenvalue weighted by atomic mass is 35.5. The maximum atomic E-state index is 13.7. The quantitative estimate of drug-likeness (QED) is 0.136. The number of hydrogen-bond donors (Lipinski definition) is 0. The van der Waals surface area contributed by atoms with Gasteiger partial charge < -0.3 is 23.7 Å². The number of methoxy groups -OCH3 is 3. The van der Waals surface area contributed by atoms with Gasteiger partial charge >= 0.3 is 12.1 Å². The molecule has 3 saturated heterocycles. The van der Waals surface area contributed by atoms with Crippen molar-refractivity contribution in [3.8, 4) is 17.2 Å². The van der Waals surface area contributed by atoms with E-state index >= 15 is 0 Å². The molecular weight excluding hydrogens is 681 g/mol. The van der Waals surface area contributed by atoms with Crippen molar-refractivity contribution < 1.29 is 33.3 Å². The van der Waals surface area contributed by atoms with Gasteiger partial charge in [-0.15, -0.1) is 0 Å². The van der Waals surface area contributed by atoms with Gasteiger partial charge in [0.05, 0.1) is 43.5 Å². The number of anilines is 1. The number of fused-ring (bicyclic) bond motifs is 3. The Kier molecular flexibility index (Phi) is 11.3. The van der Waals surface area contributed by atoms with Gasteiger partial charge in [-0.2, -0.15) is 0 Å². The molecule has 0 spiro atoms. The second-order valence-electron chi connectivity index (χ2n) is 12.3. The zero-order valence-electron chi connectivity index (χ0n) is 28.1. The van der Waals surface area contributed by atoms with Gasteiger partial charge in [0.15, 0.2) is 11.5 Å². The number of hydrogen-bond acceptors (Lipinski definition) is 9. The average molecular weight is 721 g/mol. The number of carbonyl (C=O) groups is 2. The first-order valence-electron chi connectivity index (χ1n) is 16.4. The Hall–Kier alpha value is -4.51. The molecular formula is C38H39Cl2N3O7. The molecule has 50 heavy (non-hydrogen) atoms. The molecule has 2 atom stereocenters. The second kappa shape index (κ2) is 16.0. The Balaban J connectivity index is 1.21. The van der Waals surface area contributed by atoms with E-state index in [-0.39, 0.29) is 19.1 Å². The van der Waals surface area contributed by atoms with Crippen LogP contribution in [0.5, 0.6) is 17.2 Å². The summed E-state index contributed by atoms with van der Waals surface area (Å²) >= 11 is 12.9. The van der Waals surface area contributed by atoms with Crippen molar-refractivity contribution in [2.24, 2.45) is 5.92 Å². The number of piperidine rings is 3. The van der Waals surface area contributed by atoms with Crippen LogP contribution in [0.1, 0.15) is 46.0 Å². The minimum absolute atomic E-state index is 0.140. The summed E-state index contributed by atoms with van der Waals surface area (Å²) < 4.78 is 28.4. The van der Waals surface area contributed by atoms with Gasteiger partial charge in [-0.25, -0.2) is 9.59 Å². The minimum atomic E-state index is -0.772. The van der Waals surface area contributed by atoms with Crippen LogP contribution in [0.4, 0.5) is 10.5 Å². The van der Waals surface area contributed by atoms with Crippen LogP contribution < -0.4 is 19.1 Å². The normalized spacial score (nSPS) is 18.5. The van der Waals surface area contributed by atoms with Crippen molar-refractivity contribution in [2.75, 3.05) is 45.9 Å². The van der Waals surface area contributed by atoms with Gasteiger partial charge in [0.25, 0.3) is 0 Å². The fourth-order valence-corrected chi connectivity index (χ4v) is 7.00. The Morgan fingerprint density at radius 1 is 0.880 bits per heavy atom. The SMILES string of the molecule is COc1ccc(N(Cc2ccc(C(=O)O[C@@H](Cc3c(Cl)cncc3Cl)c3ccc(OC)c(OC)c3)cc2)C(=O)O[C@H]2CN3CCC2CC3)cc1. The number of halogens is 2. The van der Waals surface area contributed by atoms with E-state index < -0.39 is 18.2 Å². The molecule has 3 aromatic carbocycles. The van der Waals surface area contributed by atoms with E-state index in [1.165, 1.54) is 19.5 Å². The van der Waals surface area contributed by atoms with Crippen LogP contribution >= 0.6 is 23.2 Å². The van der Waals surface area contributed by atoms with Crippen molar-refractivity contribution >= 4 is 41.0 Å². The van der Waals surface area contributed by atoms with E-state index in [0.29, 0.717) is 55.6 Å². The van der Waals surface area contributed by atoms with Crippen molar-refractivity contribution in [2.45, 2.75) is 38.0 Å². The Bertz CT molecular complexity index is 1780. The number of rotatable bonds is 12. The van der Waals surface area contributed by atoms with Gasteiger partial charge in [-0.3, -0.25) is 14.8 Å². The molecule has 0 N–H and O–H groups in total. The summed E-state index contributed by atoms with van der Waals surface area (Å²) in [6.07, 6.45) is 3.93. The van der Waals surface area contributed by atoms with Gasteiger partial charge in [0.2, 0.25) is 0 Å². The third kappa shape index (κ3) is 8.09. The molecule has 12 heteroatoms. The number of ether oxygens (including phenoxy) is 5. The van der Waals surface area contributed by atoms with Crippen molar-refractivity contribution in [3.63, 3.8) is 0 Å². The largest absolute Gasteiger partial charge is 0.497 e. The number of pyridine rings is 1. The van der Waals surface area contributed by atoms with Gasteiger partial charge in [-0.1, -0.05) is 41.4 Å². The summed E-state index contributed by atoms with van der Waals surface area (Å²) in [6.45, 7) is 3.09. The van der Waals surface area contributed by atoms with Crippen LogP contribution in [0.2, 0.25) is 10.0 Å². The Morgan fingerprint density at radius 2 is 1.56 bits per heavy atom. The summed E-state index contributed by atoms with van der Waals surface area (Å²) in [5, 5.41) is 0.716. The molecule has 7 rings (SSSR count). The van der Waals surface area contributed by atoms with Crippen molar-refractivity contribution in [3.05, 3.63) is 111 Å². The van der Waals surface area contributed by atoms with Gasteiger partial charge in [0.1, 0.15) is 18.0 Å². The van der Waals surface area contributed by atoms with Crippen LogP contribution in [-0.2, 0) is 22.4 Å². The highest BCUT2D eigenvalue weighted by molar-refractivity contribution is 6.35. The molecule has 1 amide bonds. The molecule has 10 nitrogen and oxygen atoms in total. The van der Waals surface area contributed by atoms with E-state index in [1.807, 2.05) is 24.3 Å². The Labute approximate surface area is 301 Å². The van der Waals surface area contributed by atoms with Crippen LogP contribution in [-0.4, -0.2) is 69.0 Å². The Morgan fingerprint density at radius 3 is 2.16 bits per heavy atom. The zero-order valence-corrected chi connectivity index (χ0v) is 29.7. The van der Waals surface area contributed by atoms with Crippen molar-refractivity contribution in [1.29, 1.82) is 0 Å². The molecule has 4 heterocycles. The van der Waals surface area contributed by atoms with Crippen molar-refractivity contribution in [1.82, 2.24) is 9.88 Å². The van der Waals surface area contributed by atoms with Crippen LogP contribution in [0.15, 0.2) is 79.1 Å². The first-order valence-corrected chi connectivity index (χ1v) is 17.2. The molecule has 262 valence electrons. The number of carbonyl (C=O) groups excluding carboxylic acids is 2. The van der Waals surface area contributed by atoms with E-state index in [1.54, 1.807) is 61.6 Å². The van der Waals surface area contributed by atoms with Gasteiger partial charge in [0, 0.05) is 31.0 Å². The second-order valence-corrected chi connectivity index (χ2v) is 13.1. The molecule has 2 bridgehead atoms. The number of nitrogens with zero attached hydrogens (tertiary/aromatic N) is 3. The first-order chi connectivity index (χ1) is 24.3. The van der Waals surface area contributed by atoms with Crippen LogP contribution in [0.25, 0.3) is 0 Å². The zero-order chi connectivity index (χ0) is 35.2. The summed E-state index contributed by atoms with van der Waals surface area (Å²) in [6, 6.07) is 19.5. The summed E-state index contributed by atoms with van der Waals surface area (Å²) in [5.41, 5.74) is 3.06. The molecule has 0 saturated carbocycles. The predicted octanol–water partition coefficient (Wildman–Crippen LogP) is 7.79. The maximum Gasteiger partial charge on any atom is 0.414 e. The minimum Gasteiger partial charge on any atom is -0.497 e. The maximum absolute atomic E-state index is 13.7. The molecule has 0 radical (unpaired) electrons. The standard InChI is InChI=1S/C38H39Cl2N3O7/c1-46-29-11-9-28(10-12-29)43(38(45)50-36-23-42-16-14-25(36)15-17-42)22-24-4-6-26(7-5-24)37(44)49-34(19-30-31(39)20-41-21-32(30)40)27-8-13-33(47-2)35(18-27)48-3/h4-13,18,20-21,25,34,36H,14-17,19,22-23H2,1-3H3/t34-,36-/m0/s1. The lowest BCUT2D eigenvalue weighted by molar-refractivity contribution is -0.0311. The van der Waals surface area contributed by atoms with E-state index in [2.05, 4.69) is 9.88 Å². The van der Waals surface area contributed by atoms with E-state index in [4.69, 9.17) is 46.9 Å². The lowest BCUT2D eigenvalue weighted by Crippen LogP contribution is -2.53. The lowest BCUT2D eigenvalue weighted by atomic mass is 9.86. The van der Waals surface area contributed by atoms with Crippen LogP contribution in [0, 0.1) is 5.92 Å². The number of esters is 1. The third-order valence-electron chi connectivity index (χ3n) is 9.35. The van der Waals surface area contributed by atoms with E-state index in [0.717, 1.165) is 38.0 Å². The molecule has 0 aliphatic carbocycles. The highest BCUT2D eigenvalue weighted by Crippen LogP contribution is 2.36. The average Bonchev–Trinajstić information content (AvgIpc) is 3.15. The summed E-state index contributed by atoms with van der Waals surface area (Å²) in [5.74, 6) is 1.53. The number of amides is 1. The fraction of sp³-hybridized carbons (Fsp3) is 0.342. The monoisotopic (exact) mass is 719 g/mol. The molecule has 3 aliphatic heterocycles. The number of benzene rings is 3. The first kappa shape index (κ1) is 35.3. The fourth-order valence-electron chi connectivity index (χ4n) is 6.49. The molecule has 1 aromatic heterocycles. The van der Waals surface area contributed by atoms with Gasteiger partial charge in [-0.05, 0) is 97.1 Å². The topological polar surface area (TPSA) is 99.7 Å². The molecule has 3 aliphatic rings. The molecule has 0 unspecified atom stereocenters. The highest BCUT2D eigenvalue weighted by Gasteiger charge is 2.37. The molecule has 4 aromatic rings. The predicted molar refractivity (Wildman–Crippen MR) is 191 cm³/mol. The summed E-state index contributed by atoms with van der Waals surface area (Å²) in [4.78, 5) is 35.3. The smallest absolute Gasteiger partial charge is 0.414 e. The third-order valence-corrected chi connectivity index (χ3v) is 10.0. The lowest BCUT2D eigenvalue weighted by Gasteiger charge is -2.44.